The Bertz CT molecular complexity index is 683. The molecule has 0 fully saturated rings. The summed E-state index contributed by atoms with van der Waals surface area (Å²) < 4.78 is 0. The van der Waals surface area contributed by atoms with Crippen LogP contribution in [-0.4, -0.2) is 6.54 Å². The lowest BCUT2D eigenvalue weighted by atomic mass is 9.90. The number of hydrogen-bond donors (Lipinski definition) is 2. The molecule has 3 rings (SSSR count). The van der Waals surface area contributed by atoms with Crippen molar-refractivity contribution in [3.8, 4) is 0 Å². The van der Waals surface area contributed by atoms with Crippen LogP contribution in [0.3, 0.4) is 0 Å². The van der Waals surface area contributed by atoms with Crippen molar-refractivity contribution in [1.29, 1.82) is 0 Å². The van der Waals surface area contributed by atoms with Crippen LogP contribution in [0.2, 0.25) is 0 Å². The second kappa shape index (κ2) is 8.75. The van der Waals surface area contributed by atoms with Gasteiger partial charge in [0.2, 0.25) is 0 Å². The molecule has 0 aromatic carbocycles. The predicted octanol–water partition coefficient (Wildman–Crippen LogP) is 5.43. The summed E-state index contributed by atoms with van der Waals surface area (Å²) in [5, 5.41) is 7.32. The van der Waals surface area contributed by atoms with Gasteiger partial charge in [0.05, 0.1) is 5.70 Å². The first-order chi connectivity index (χ1) is 12.3. The van der Waals surface area contributed by atoms with Crippen molar-refractivity contribution < 1.29 is 0 Å². The van der Waals surface area contributed by atoms with E-state index in [0.29, 0.717) is 5.92 Å². The minimum Gasteiger partial charge on any atom is -0.383 e. The summed E-state index contributed by atoms with van der Waals surface area (Å²) in [6.07, 6.45) is 25.0. The molecule has 0 amide bonds. The summed E-state index contributed by atoms with van der Waals surface area (Å²) in [5.41, 5.74) is 6.39. The van der Waals surface area contributed by atoms with Crippen molar-refractivity contribution in [2.45, 2.75) is 45.4 Å². The van der Waals surface area contributed by atoms with Gasteiger partial charge in [-0.15, -0.1) is 0 Å². The Kier molecular flexibility index (Phi) is 6.16. The van der Waals surface area contributed by atoms with E-state index in [9.17, 15) is 0 Å². The number of allylic oxidation sites excluding steroid dienone is 9. The first kappa shape index (κ1) is 17.6. The molecule has 132 valence electrons. The van der Waals surface area contributed by atoms with Gasteiger partial charge in [0, 0.05) is 23.9 Å². The molecule has 2 N–H and O–H groups in total. The van der Waals surface area contributed by atoms with Gasteiger partial charge in [-0.3, -0.25) is 0 Å². The van der Waals surface area contributed by atoms with E-state index in [1.54, 1.807) is 0 Å². The van der Waals surface area contributed by atoms with Crippen molar-refractivity contribution in [1.82, 2.24) is 10.6 Å². The summed E-state index contributed by atoms with van der Waals surface area (Å²) in [6, 6.07) is 0. The molecule has 0 aliphatic heterocycles. The standard InChI is InChI=1S/C23H30N2/c1-3-10-18(2)17-24-22-15-8-9-16-23(22)25-21-14-7-6-13-20(21)19-11-4-5-12-19/h3-4,9-11,13-14,16,19,24-25H,2,5-8,12,15,17H2,1H3/b10-3-. The smallest absolute Gasteiger partial charge is 0.0574 e. The number of nitrogens with one attached hydrogen (secondary N) is 2. The highest BCUT2D eigenvalue weighted by atomic mass is 15.0. The molecule has 0 saturated carbocycles. The summed E-state index contributed by atoms with van der Waals surface area (Å²) in [7, 11) is 0. The fourth-order valence-electron chi connectivity index (χ4n) is 3.69. The Hall–Kier alpha value is -2.22. The molecule has 0 heterocycles. The minimum absolute atomic E-state index is 0.582. The van der Waals surface area contributed by atoms with Crippen LogP contribution in [0.5, 0.6) is 0 Å². The van der Waals surface area contributed by atoms with Gasteiger partial charge in [0.15, 0.2) is 0 Å². The lowest BCUT2D eigenvalue weighted by molar-refractivity contribution is 0.696. The zero-order chi connectivity index (χ0) is 17.5. The fourth-order valence-corrected chi connectivity index (χ4v) is 3.69. The second-order valence-electron chi connectivity index (χ2n) is 6.94. The third kappa shape index (κ3) is 4.66. The van der Waals surface area contributed by atoms with Gasteiger partial charge in [-0.2, -0.15) is 0 Å². The van der Waals surface area contributed by atoms with Gasteiger partial charge >= 0.3 is 0 Å². The Morgan fingerprint density at radius 1 is 1.20 bits per heavy atom. The molecule has 0 radical (unpaired) electrons. The lowest BCUT2D eigenvalue weighted by Gasteiger charge is -2.25. The van der Waals surface area contributed by atoms with Crippen LogP contribution in [-0.2, 0) is 0 Å². The van der Waals surface area contributed by atoms with E-state index in [0.717, 1.165) is 37.8 Å². The average Bonchev–Trinajstić information content (AvgIpc) is 3.16. The Morgan fingerprint density at radius 2 is 2.08 bits per heavy atom. The van der Waals surface area contributed by atoms with E-state index in [2.05, 4.69) is 59.7 Å². The van der Waals surface area contributed by atoms with E-state index in [1.165, 1.54) is 35.5 Å². The van der Waals surface area contributed by atoms with Gasteiger partial charge < -0.3 is 10.6 Å². The van der Waals surface area contributed by atoms with E-state index in [-0.39, 0.29) is 0 Å². The normalized spacial score (nSPS) is 23.0. The molecular formula is C23H30N2. The largest absolute Gasteiger partial charge is 0.383 e. The summed E-state index contributed by atoms with van der Waals surface area (Å²) in [5.74, 6) is 0.582. The SMILES string of the molecule is C=C(/C=C\C)CNC1=C(NC2=CCCC=C2C2C=CCC2)C=CCC1. The van der Waals surface area contributed by atoms with Crippen LogP contribution >= 0.6 is 0 Å². The Balaban J connectivity index is 1.72. The number of hydrogen-bond acceptors (Lipinski definition) is 2. The van der Waals surface area contributed by atoms with Gasteiger partial charge in [0.1, 0.15) is 0 Å². The van der Waals surface area contributed by atoms with Gasteiger partial charge in [0.25, 0.3) is 0 Å². The molecule has 2 heteroatoms. The highest BCUT2D eigenvalue weighted by Gasteiger charge is 2.21. The Labute approximate surface area is 152 Å². The summed E-state index contributed by atoms with van der Waals surface area (Å²) in [6.45, 7) is 6.92. The number of rotatable bonds is 7. The van der Waals surface area contributed by atoms with Crippen LogP contribution in [0.1, 0.15) is 45.4 Å². The van der Waals surface area contributed by atoms with Gasteiger partial charge in [-0.05, 0) is 62.7 Å². The molecule has 2 nitrogen and oxygen atoms in total. The third-order valence-electron chi connectivity index (χ3n) is 4.97. The summed E-state index contributed by atoms with van der Waals surface area (Å²) >= 11 is 0. The Morgan fingerprint density at radius 3 is 2.88 bits per heavy atom. The molecular weight excluding hydrogens is 304 g/mol. The summed E-state index contributed by atoms with van der Waals surface area (Å²) in [4.78, 5) is 0. The molecule has 0 bridgehead atoms. The molecule has 3 aliphatic carbocycles. The maximum atomic E-state index is 4.10. The lowest BCUT2D eigenvalue weighted by Crippen LogP contribution is -2.26. The third-order valence-corrected chi connectivity index (χ3v) is 4.97. The first-order valence-corrected chi connectivity index (χ1v) is 9.56. The molecule has 3 aliphatic rings. The highest BCUT2D eigenvalue weighted by Crippen LogP contribution is 2.32. The zero-order valence-electron chi connectivity index (χ0n) is 15.4. The second-order valence-corrected chi connectivity index (χ2v) is 6.94. The quantitative estimate of drug-likeness (QED) is 0.479. The van der Waals surface area contributed by atoms with Gasteiger partial charge in [-0.25, -0.2) is 0 Å². The molecule has 1 unspecified atom stereocenters. The average molecular weight is 335 g/mol. The molecule has 0 spiro atoms. The predicted molar refractivity (Wildman–Crippen MR) is 108 cm³/mol. The monoisotopic (exact) mass is 334 g/mol. The highest BCUT2D eigenvalue weighted by molar-refractivity contribution is 5.42. The molecule has 0 saturated heterocycles. The maximum absolute atomic E-state index is 4.10. The molecule has 0 aromatic heterocycles. The van der Waals surface area contributed by atoms with Crippen molar-refractivity contribution >= 4 is 0 Å². The molecule has 25 heavy (non-hydrogen) atoms. The van der Waals surface area contributed by atoms with Gasteiger partial charge in [-0.1, -0.05) is 49.1 Å². The van der Waals surface area contributed by atoms with E-state index in [4.69, 9.17) is 0 Å². The van der Waals surface area contributed by atoms with Crippen molar-refractivity contribution in [2.75, 3.05) is 6.54 Å². The molecule has 1 atom stereocenters. The maximum Gasteiger partial charge on any atom is 0.0574 e. The molecule has 0 aromatic rings. The van der Waals surface area contributed by atoms with Crippen LogP contribution < -0.4 is 10.6 Å². The zero-order valence-corrected chi connectivity index (χ0v) is 15.4. The minimum atomic E-state index is 0.582. The van der Waals surface area contributed by atoms with Crippen LogP contribution in [0.4, 0.5) is 0 Å². The van der Waals surface area contributed by atoms with E-state index < -0.39 is 0 Å². The topological polar surface area (TPSA) is 24.1 Å². The first-order valence-electron chi connectivity index (χ1n) is 9.56. The van der Waals surface area contributed by atoms with Crippen LogP contribution in [0, 0.1) is 5.92 Å². The van der Waals surface area contributed by atoms with Crippen LogP contribution in [0.15, 0.2) is 83.4 Å². The van der Waals surface area contributed by atoms with E-state index in [1.807, 2.05) is 13.0 Å². The fraction of sp³-hybridized carbons (Fsp3) is 0.391. The van der Waals surface area contributed by atoms with Crippen molar-refractivity contribution in [2.24, 2.45) is 5.92 Å². The van der Waals surface area contributed by atoms with E-state index >= 15 is 0 Å². The van der Waals surface area contributed by atoms with Crippen LogP contribution in [0.25, 0.3) is 0 Å². The van der Waals surface area contributed by atoms with Crippen molar-refractivity contribution in [3.05, 3.63) is 83.4 Å². The van der Waals surface area contributed by atoms with Crippen molar-refractivity contribution in [3.63, 3.8) is 0 Å².